The summed E-state index contributed by atoms with van der Waals surface area (Å²) in [4.78, 5) is 20.6. The molecule has 0 aromatic carbocycles. The van der Waals surface area contributed by atoms with Gasteiger partial charge in [-0.15, -0.1) is 0 Å². The van der Waals surface area contributed by atoms with Gasteiger partial charge in [0.1, 0.15) is 0 Å². The smallest absolute Gasteiger partial charge is 0.217 e. The van der Waals surface area contributed by atoms with E-state index in [4.69, 9.17) is 4.74 Å². The lowest BCUT2D eigenvalue weighted by Crippen LogP contribution is -2.47. The molecule has 1 aromatic rings. The Morgan fingerprint density at radius 2 is 1.96 bits per heavy atom. The lowest BCUT2D eigenvalue weighted by atomic mass is 9.84. The van der Waals surface area contributed by atoms with Crippen LogP contribution in [-0.2, 0) is 4.79 Å². The van der Waals surface area contributed by atoms with Crippen LogP contribution in [0.1, 0.15) is 39.0 Å². The number of hydrogen-bond acceptors (Lipinski definition) is 5. The van der Waals surface area contributed by atoms with E-state index in [9.17, 15) is 4.79 Å². The molecule has 6 nitrogen and oxygen atoms in total. The third-order valence-corrected chi connectivity index (χ3v) is 5.75. The Hall–Kier alpha value is -1.82. The molecule has 1 aliphatic heterocycles. The largest absolute Gasteiger partial charge is 0.493 e. The van der Waals surface area contributed by atoms with Gasteiger partial charge in [0, 0.05) is 45.3 Å². The van der Waals surface area contributed by atoms with Gasteiger partial charge in [0.25, 0.3) is 0 Å². The molecule has 0 spiro atoms. The first-order valence-electron chi connectivity index (χ1n) is 9.89. The van der Waals surface area contributed by atoms with Crippen LogP contribution in [0.15, 0.2) is 18.3 Å². The minimum absolute atomic E-state index is 0.107. The number of ether oxygens (including phenoxy) is 1. The Kier molecular flexibility index (Phi) is 6.72. The number of carbonyl (C=O) groups is 1. The van der Waals surface area contributed by atoms with E-state index in [1.807, 2.05) is 18.3 Å². The summed E-state index contributed by atoms with van der Waals surface area (Å²) < 4.78 is 5.44. The van der Waals surface area contributed by atoms with Crippen molar-refractivity contribution in [1.82, 2.24) is 15.2 Å². The average molecular weight is 361 g/mol. The van der Waals surface area contributed by atoms with Crippen LogP contribution in [0.4, 0.5) is 5.82 Å². The first kappa shape index (κ1) is 19.0. The summed E-state index contributed by atoms with van der Waals surface area (Å²) in [5, 5.41) is 3.07. The Morgan fingerprint density at radius 3 is 2.62 bits per heavy atom. The van der Waals surface area contributed by atoms with Crippen LogP contribution < -0.4 is 15.0 Å². The Morgan fingerprint density at radius 1 is 1.23 bits per heavy atom. The van der Waals surface area contributed by atoms with E-state index < -0.39 is 0 Å². The molecule has 1 saturated carbocycles. The number of piperazine rings is 1. The van der Waals surface area contributed by atoms with E-state index >= 15 is 0 Å². The Labute approximate surface area is 156 Å². The predicted octanol–water partition coefficient (Wildman–Crippen LogP) is 2.30. The van der Waals surface area contributed by atoms with Gasteiger partial charge in [-0.2, -0.15) is 0 Å². The number of aromatic nitrogens is 1. The quantitative estimate of drug-likeness (QED) is 0.844. The molecule has 2 aliphatic rings. The zero-order chi connectivity index (χ0) is 18.4. The van der Waals surface area contributed by atoms with Crippen LogP contribution in [0.3, 0.4) is 0 Å². The fourth-order valence-electron chi connectivity index (χ4n) is 4.21. The van der Waals surface area contributed by atoms with E-state index in [0.29, 0.717) is 6.04 Å². The molecule has 0 atom stereocenters. The first-order chi connectivity index (χ1) is 12.7. The fraction of sp³-hybridized carbons (Fsp3) is 0.700. The molecule has 2 fully saturated rings. The summed E-state index contributed by atoms with van der Waals surface area (Å²) >= 11 is 0. The van der Waals surface area contributed by atoms with Crippen LogP contribution >= 0.6 is 0 Å². The molecular formula is C20H32N4O2. The number of anilines is 1. The maximum Gasteiger partial charge on any atom is 0.217 e. The van der Waals surface area contributed by atoms with Gasteiger partial charge in [0.05, 0.1) is 7.11 Å². The zero-order valence-electron chi connectivity index (χ0n) is 16.1. The molecule has 0 radical (unpaired) electrons. The molecule has 1 saturated heterocycles. The second-order valence-electron chi connectivity index (χ2n) is 7.56. The molecule has 1 aliphatic carbocycles. The van der Waals surface area contributed by atoms with Gasteiger partial charge in [-0.05, 0) is 56.7 Å². The van der Waals surface area contributed by atoms with Crippen molar-refractivity contribution in [3.8, 4) is 5.75 Å². The number of nitrogens with one attached hydrogen (secondary N) is 1. The number of amides is 1. The van der Waals surface area contributed by atoms with Crippen LogP contribution in [0.25, 0.3) is 0 Å². The first-order valence-corrected chi connectivity index (χ1v) is 9.89. The number of rotatable bonds is 6. The van der Waals surface area contributed by atoms with Gasteiger partial charge in [-0.3, -0.25) is 9.69 Å². The van der Waals surface area contributed by atoms with Crippen molar-refractivity contribution >= 4 is 11.7 Å². The van der Waals surface area contributed by atoms with Crippen molar-refractivity contribution in [1.29, 1.82) is 0 Å². The lowest BCUT2D eigenvalue weighted by Gasteiger charge is -2.37. The number of pyridine rings is 1. The van der Waals surface area contributed by atoms with Crippen LogP contribution in [-0.4, -0.2) is 61.7 Å². The normalized spacial score (nSPS) is 24.3. The molecule has 2 heterocycles. The molecule has 1 N–H and O–H groups in total. The second-order valence-corrected chi connectivity index (χ2v) is 7.56. The SMILES string of the molecule is COc1cccnc1N1CCN(CC[C@H]2CC[C@H](NC(C)=O)CC2)CC1. The second kappa shape index (κ2) is 9.21. The topological polar surface area (TPSA) is 57.7 Å². The molecular weight excluding hydrogens is 328 g/mol. The van der Waals surface area contributed by atoms with Crippen LogP contribution in [0.2, 0.25) is 0 Å². The highest BCUT2D eigenvalue weighted by molar-refractivity contribution is 5.73. The Bertz CT molecular complexity index is 579. The molecule has 1 amide bonds. The molecule has 1 aromatic heterocycles. The van der Waals surface area contributed by atoms with E-state index in [1.54, 1.807) is 14.0 Å². The summed E-state index contributed by atoms with van der Waals surface area (Å²) in [6.07, 6.45) is 7.88. The maximum absolute atomic E-state index is 11.2. The minimum atomic E-state index is 0.107. The van der Waals surface area contributed by atoms with E-state index in [2.05, 4.69) is 20.1 Å². The zero-order valence-corrected chi connectivity index (χ0v) is 16.1. The summed E-state index contributed by atoms with van der Waals surface area (Å²) in [7, 11) is 1.71. The summed E-state index contributed by atoms with van der Waals surface area (Å²) in [6, 6.07) is 4.30. The summed E-state index contributed by atoms with van der Waals surface area (Å²) in [5.74, 6) is 2.74. The number of carbonyl (C=O) groups excluding carboxylic acids is 1. The standard InChI is InChI=1S/C20H32N4O2/c1-16(25)22-18-7-5-17(6-8-18)9-11-23-12-14-24(15-13-23)20-19(26-2)4-3-10-21-20/h3-4,10,17-18H,5-9,11-15H2,1-2H3,(H,22,25)/t17-,18-. The van der Waals surface area contributed by atoms with Gasteiger partial charge in [0.2, 0.25) is 5.91 Å². The highest BCUT2D eigenvalue weighted by Gasteiger charge is 2.24. The fourth-order valence-corrected chi connectivity index (χ4v) is 4.21. The van der Waals surface area contributed by atoms with Crippen molar-refractivity contribution in [2.45, 2.75) is 45.1 Å². The van der Waals surface area contributed by atoms with Gasteiger partial charge in [-0.1, -0.05) is 0 Å². The van der Waals surface area contributed by atoms with Gasteiger partial charge in [0.15, 0.2) is 11.6 Å². The van der Waals surface area contributed by atoms with Crippen LogP contribution in [0, 0.1) is 5.92 Å². The van der Waals surface area contributed by atoms with Crippen molar-refractivity contribution < 1.29 is 9.53 Å². The van der Waals surface area contributed by atoms with Gasteiger partial charge >= 0.3 is 0 Å². The third-order valence-electron chi connectivity index (χ3n) is 5.75. The van der Waals surface area contributed by atoms with Crippen molar-refractivity contribution in [3.63, 3.8) is 0 Å². The number of methoxy groups -OCH3 is 1. The molecule has 144 valence electrons. The average Bonchev–Trinajstić information content (AvgIpc) is 2.67. The molecule has 0 unspecified atom stereocenters. The Balaban J connectivity index is 1.38. The number of hydrogen-bond donors (Lipinski definition) is 1. The molecule has 3 rings (SSSR count). The molecule has 6 heteroatoms. The minimum Gasteiger partial charge on any atom is -0.493 e. The van der Waals surface area contributed by atoms with E-state index in [1.165, 1.54) is 25.8 Å². The number of nitrogens with zero attached hydrogens (tertiary/aromatic N) is 3. The third kappa shape index (κ3) is 5.10. The van der Waals surface area contributed by atoms with Crippen LogP contribution in [0.5, 0.6) is 5.75 Å². The lowest BCUT2D eigenvalue weighted by molar-refractivity contribution is -0.119. The van der Waals surface area contributed by atoms with E-state index in [-0.39, 0.29) is 5.91 Å². The van der Waals surface area contributed by atoms with Crippen molar-refractivity contribution in [2.24, 2.45) is 5.92 Å². The van der Waals surface area contributed by atoms with E-state index in [0.717, 1.165) is 56.5 Å². The van der Waals surface area contributed by atoms with Gasteiger partial charge in [-0.25, -0.2) is 4.98 Å². The van der Waals surface area contributed by atoms with Gasteiger partial charge < -0.3 is 15.0 Å². The molecule has 0 bridgehead atoms. The summed E-state index contributed by atoms with van der Waals surface area (Å²) in [6.45, 7) is 6.97. The highest BCUT2D eigenvalue weighted by Crippen LogP contribution is 2.28. The maximum atomic E-state index is 11.2. The van der Waals surface area contributed by atoms with Crippen molar-refractivity contribution in [3.05, 3.63) is 18.3 Å². The molecule has 26 heavy (non-hydrogen) atoms. The monoisotopic (exact) mass is 360 g/mol. The predicted molar refractivity (Wildman–Crippen MR) is 104 cm³/mol. The highest BCUT2D eigenvalue weighted by atomic mass is 16.5. The van der Waals surface area contributed by atoms with Crippen molar-refractivity contribution in [2.75, 3.05) is 44.7 Å². The summed E-state index contributed by atoms with van der Waals surface area (Å²) in [5.41, 5.74) is 0.